The summed E-state index contributed by atoms with van der Waals surface area (Å²) in [4.78, 5) is 33.2. The predicted molar refractivity (Wildman–Crippen MR) is 68.6 cm³/mol. The van der Waals surface area contributed by atoms with Crippen molar-refractivity contribution >= 4 is 68.6 Å². The van der Waals surface area contributed by atoms with Crippen LogP contribution in [0.15, 0.2) is 14.4 Å². The average Bonchev–Trinajstić information content (AvgIpc) is 2.08. The van der Waals surface area contributed by atoms with Crippen LogP contribution in [0.2, 0.25) is 0 Å². The third-order valence-corrected chi connectivity index (χ3v) is 3.48. The average molecular weight is 547 g/mol. The second-order valence-corrected chi connectivity index (χ2v) is 4.58. The number of halogens is 3. The van der Waals surface area contributed by atoms with Gasteiger partial charge in [0.05, 0.1) is 68.6 Å². The predicted octanol–water partition coefficient (Wildman–Crippen LogP) is -3.12. The van der Waals surface area contributed by atoms with Crippen molar-refractivity contribution in [2.45, 2.75) is 0 Å². The standard InChI is InChI=1S/C3I3N3O3.K.H/c4-7-1(10)8(5)3(12)9(6)2(7)11;;/q;+1;-1. The maximum absolute atomic E-state index is 11.1. The van der Waals surface area contributed by atoms with Gasteiger partial charge in [-0.05, 0) is 0 Å². The van der Waals surface area contributed by atoms with E-state index in [1.165, 1.54) is 68.6 Å². The molecule has 0 fully saturated rings. The quantitative estimate of drug-likeness (QED) is 0.256. The zero-order chi connectivity index (χ0) is 9.46. The summed E-state index contributed by atoms with van der Waals surface area (Å²) in [6.07, 6.45) is 0. The van der Waals surface area contributed by atoms with E-state index in [0.29, 0.717) is 0 Å². The Hall–Kier alpha value is 2.24. The molecular formula is C3HI3KN3O3. The van der Waals surface area contributed by atoms with Gasteiger partial charge in [0.25, 0.3) is 0 Å². The summed E-state index contributed by atoms with van der Waals surface area (Å²) >= 11 is 4.61. The van der Waals surface area contributed by atoms with Gasteiger partial charge in [-0.2, -0.15) is 8.34 Å². The number of nitrogens with zero attached hydrogens (tertiary/aromatic N) is 3. The van der Waals surface area contributed by atoms with Crippen LogP contribution in [-0.4, -0.2) is 8.34 Å². The van der Waals surface area contributed by atoms with Gasteiger partial charge in [-0.25, -0.2) is 14.4 Å². The second-order valence-electron chi connectivity index (χ2n) is 1.69. The van der Waals surface area contributed by atoms with E-state index in [4.69, 9.17) is 0 Å². The van der Waals surface area contributed by atoms with Crippen LogP contribution >= 0.6 is 68.6 Å². The molecule has 0 aliphatic rings. The van der Waals surface area contributed by atoms with Crippen molar-refractivity contribution in [1.82, 2.24) is 8.34 Å². The summed E-state index contributed by atoms with van der Waals surface area (Å²) < 4.78 is 2.49. The van der Waals surface area contributed by atoms with E-state index in [0.717, 1.165) is 8.34 Å². The molecule has 0 saturated carbocycles. The minimum atomic E-state index is -0.640. The van der Waals surface area contributed by atoms with E-state index in [-0.39, 0.29) is 52.8 Å². The third-order valence-electron chi connectivity index (χ3n) is 1.01. The number of aromatic nitrogens is 3. The summed E-state index contributed by atoms with van der Waals surface area (Å²) in [5.41, 5.74) is -1.92. The molecule has 0 unspecified atom stereocenters. The molecule has 6 nitrogen and oxygen atoms in total. The first-order valence-electron chi connectivity index (χ1n) is 2.46. The molecule has 0 aliphatic carbocycles. The Morgan fingerprint density at radius 3 is 1.08 bits per heavy atom. The molecule has 13 heavy (non-hydrogen) atoms. The van der Waals surface area contributed by atoms with E-state index in [2.05, 4.69) is 0 Å². The molecule has 1 heterocycles. The van der Waals surface area contributed by atoms with Gasteiger partial charge in [0.1, 0.15) is 0 Å². The molecule has 0 N–H and O–H groups in total. The minimum absolute atomic E-state index is 0. The molecule has 0 amide bonds. The third kappa shape index (κ3) is 3.10. The van der Waals surface area contributed by atoms with E-state index in [9.17, 15) is 14.4 Å². The normalized spacial score (nSPS) is 9.46. The van der Waals surface area contributed by atoms with Crippen molar-refractivity contribution in [2.24, 2.45) is 0 Å². The van der Waals surface area contributed by atoms with Crippen LogP contribution in [-0.2, 0) is 0 Å². The maximum atomic E-state index is 11.1. The van der Waals surface area contributed by atoms with E-state index in [1.54, 1.807) is 0 Å². The molecule has 1 rings (SSSR count). The molecule has 0 aliphatic heterocycles. The van der Waals surface area contributed by atoms with Crippen LogP contribution < -0.4 is 68.5 Å². The fourth-order valence-corrected chi connectivity index (χ4v) is 3.01. The van der Waals surface area contributed by atoms with E-state index in [1.807, 2.05) is 0 Å². The molecule has 0 spiro atoms. The number of hydrogen-bond acceptors (Lipinski definition) is 3. The summed E-state index contributed by atoms with van der Waals surface area (Å²) in [5.74, 6) is 0. The van der Waals surface area contributed by atoms with Crippen LogP contribution in [0, 0.1) is 0 Å². The molecular weight excluding hydrogens is 546 g/mol. The van der Waals surface area contributed by atoms with Gasteiger partial charge in [-0.1, -0.05) is 0 Å². The van der Waals surface area contributed by atoms with Gasteiger partial charge in [-0.15, -0.1) is 0 Å². The van der Waals surface area contributed by atoms with Gasteiger partial charge >= 0.3 is 68.5 Å². The molecule has 68 valence electrons. The molecule has 10 heteroatoms. The Morgan fingerprint density at radius 1 is 0.769 bits per heavy atom. The Kier molecular flexibility index (Phi) is 7.14. The van der Waals surface area contributed by atoms with E-state index >= 15 is 0 Å². The summed E-state index contributed by atoms with van der Waals surface area (Å²) in [6.45, 7) is 0. The zero-order valence-electron chi connectivity index (χ0n) is 7.20. The molecule has 0 radical (unpaired) electrons. The van der Waals surface area contributed by atoms with Crippen LogP contribution in [0.1, 0.15) is 1.43 Å². The Balaban J connectivity index is 0. The SMILES string of the molecule is O=c1n(I)c(=O)n(I)c(=O)n1I.[H-].[K+]. The monoisotopic (exact) mass is 547 g/mol. The number of rotatable bonds is 0. The van der Waals surface area contributed by atoms with Crippen LogP contribution in [0.4, 0.5) is 0 Å². The van der Waals surface area contributed by atoms with Gasteiger partial charge in [0, 0.05) is 0 Å². The van der Waals surface area contributed by atoms with Gasteiger partial charge in [0.15, 0.2) is 0 Å². The van der Waals surface area contributed by atoms with Crippen LogP contribution in [0.3, 0.4) is 0 Å². The first kappa shape index (κ1) is 15.2. The van der Waals surface area contributed by atoms with Crippen molar-refractivity contribution in [3.05, 3.63) is 31.5 Å². The smallest absolute Gasteiger partial charge is 1.00 e. The Morgan fingerprint density at radius 2 is 0.923 bits per heavy atom. The summed E-state index contributed by atoms with van der Waals surface area (Å²) in [7, 11) is 0. The Labute approximate surface area is 157 Å². The summed E-state index contributed by atoms with van der Waals surface area (Å²) in [5, 5.41) is 0. The Bertz CT molecular complexity index is 391. The van der Waals surface area contributed by atoms with Crippen molar-refractivity contribution in [1.29, 1.82) is 0 Å². The fraction of sp³-hybridized carbons (Fsp3) is 0. The van der Waals surface area contributed by atoms with Gasteiger partial charge in [-0.3, -0.25) is 0 Å². The molecule has 1 aromatic rings. The van der Waals surface area contributed by atoms with Gasteiger partial charge < -0.3 is 1.43 Å². The molecule has 0 bridgehead atoms. The molecule has 1 aromatic heterocycles. The number of hydrogen-bond donors (Lipinski definition) is 0. The van der Waals surface area contributed by atoms with Crippen molar-refractivity contribution in [3.63, 3.8) is 0 Å². The summed E-state index contributed by atoms with van der Waals surface area (Å²) in [6, 6.07) is 0. The second kappa shape index (κ2) is 6.09. The maximum Gasteiger partial charge on any atom is 1.00 e. The van der Waals surface area contributed by atoms with Crippen LogP contribution in [0.5, 0.6) is 0 Å². The zero-order valence-corrected chi connectivity index (χ0v) is 15.8. The van der Waals surface area contributed by atoms with Crippen molar-refractivity contribution < 1.29 is 52.8 Å². The topological polar surface area (TPSA) is 66.0 Å². The van der Waals surface area contributed by atoms with Crippen LogP contribution in [0.25, 0.3) is 0 Å². The van der Waals surface area contributed by atoms with Gasteiger partial charge in [0.2, 0.25) is 0 Å². The molecule has 0 saturated heterocycles. The molecule has 0 atom stereocenters. The largest absolute Gasteiger partial charge is 1.00 e. The van der Waals surface area contributed by atoms with E-state index < -0.39 is 17.1 Å². The molecule has 0 aromatic carbocycles. The minimum Gasteiger partial charge on any atom is -1.00 e. The van der Waals surface area contributed by atoms with Crippen molar-refractivity contribution in [2.75, 3.05) is 0 Å². The fourth-order valence-electron chi connectivity index (χ4n) is 0.477. The first-order chi connectivity index (χ1) is 5.46. The van der Waals surface area contributed by atoms with Crippen molar-refractivity contribution in [3.8, 4) is 0 Å². The first-order valence-corrected chi connectivity index (χ1v) is 5.36.